The first kappa shape index (κ1) is 21.7. The van der Waals surface area contributed by atoms with Gasteiger partial charge in [-0.3, -0.25) is 9.79 Å². The Labute approximate surface area is 139 Å². The standard InChI is InChI=1S/C13H28N4O2.HI/c1-6-19-9-7-8-16-12(15-5)17-10-13(2,3)11(18)14-4;/h6-10H2,1-5H3,(H,14,18)(H2,15,16,17);1H. The number of rotatable bonds is 8. The van der Waals surface area contributed by atoms with E-state index in [0.717, 1.165) is 26.2 Å². The van der Waals surface area contributed by atoms with Crippen LogP contribution in [0, 0.1) is 5.41 Å². The van der Waals surface area contributed by atoms with Gasteiger partial charge in [0.05, 0.1) is 5.41 Å². The van der Waals surface area contributed by atoms with Gasteiger partial charge < -0.3 is 20.7 Å². The summed E-state index contributed by atoms with van der Waals surface area (Å²) in [5, 5.41) is 9.00. The monoisotopic (exact) mass is 400 g/mol. The molecule has 20 heavy (non-hydrogen) atoms. The maximum absolute atomic E-state index is 11.6. The number of hydrogen-bond donors (Lipinski definition) is 3. The summed E-state index contributed by atoms with van der Waals surface area (Å²) in [6, 6.07) is 0. The Kier molecular flexibility index (Phi) is 13.2. The Morgan fingerprint density at radius 2 is 1.95 bits per heavy atom. The molecule has 0 bridgehead atoms. The van der Waals surface area contributed by atoms with E-state index in [1.165, 1.54) is 0 Å². The molecule has 0 aliphatic rings. The molecular formula is C13H29IN4O2. The van der Waals surface area contributed by atoms with Crippen molar-refractivity contribution in [2.45, 2.75) is 27.2 Å². The molecule has 0 radical (unpaired) electrons. The van der Waals surface area contributed by atoms with Gasteiger partial charge in [-0.25, -0.2) is 0 Å². The number of amides is 1. The van der Waals surface area contributed by atoms with Gasteiger partial charge in [-0.2, -0.15) is 0 Å². The van der Waals surface area contributed by atoms with Gasteiger partial charge in [0.15, 0.2) is 5.96 Å². The van der Waals surface area contributed by atoms with Gasteiger partial charge in [0.1, 0.15) is 0 Å². The van der Waals surface area contributed by atoms with Crippen molar-refractivity contribution < 1.29 is 9.53 Å². The van der Waals surface area contributed by atoms with E-state index in [2.05, 4.69) is 20.9 Å². The fraction of sp³-hybridized carbons (Fsp3) is 0.846. The lowest BCUT2D eigenvalue weighted by Crippen LogP contribution is -2.47. The lowest BCUT2D eigenvalue weighted by atomic mass is 9.92. The molecule has 0 saturated heterocycles. The number of ether oxygens (including phenoxy) is 1. The minimum absolute atomic E-state index is 0. The quantitative estimate of drug-likeness (QED) is 0.246. The zero-order chi connectivity index (χ0) is 14.7. The summed E-state index contributed by atoms with van der Waals surface area (Å²) < 4.78 is 5.26. The van der Waals surface area contributed by atoms with E-state index in [9.17, 15) is 4.79 Å². The van der Waals surface area contributed by atoms with Crippen LogP contribution in [0.4, 0.5) is 0 Å². The summed E-state index contributed by atoms with van der Waals surface area (Å²) in [6.45, 7) is 8.56. The largest absolute Gasteiger partial charge is 0.382 e. The number of aliphatic imine (C=N–C) groups is 1. The van der Waals surface area contributed by atoms with Crippen LogP contribution in [0.5, 0.6) is 0 Å². The summed E-state index contributed by atoms with van der Waals surface area (Å²) in [7, 11) is 3.36. The highest BCUT2D eigenvalue weighted by Gasteiger charge is 2.26. The average molecular weight is 400 g/mol. The average Bonchev–Trinajstić information content (AvgIpc) is 2.40. The number of nitrogens with one attached hydrogen (secondary N) is 3. The van der Waals surface area contributed by atoms with Crippen LogP contribution >= 0.6 is 24.0 Å². The third-order valence-electron chi connectivity index (χ3n) is 2.73. The molecule has 1 amide bonds. The first-order chi connectivity index (χ1) is 8.97. The van der Waals surface area contributed by atoms with Crippen LogP contribution < -0.4 is 16.0 Å². The van der Waals surface area contributed by atoms with Gasteiger partial charge >= 0.3 is 0 Å². The SMILES string of the molecule is CCOCCCNC(=NC)NCC(C)(C)C(=O)NC.I. The van der Waals surface area contributed by atoms with Crippen LogP contribution in [-0.4, -0.2) is 52.3 Å². The third-order valence-corrected chi connectivity index (χ3v) is 2.73. The number of halogens is 1. The van der Waals surface area contributed by atoms with Crippen molar-refractivity contribution in [2.75, 3.05) is 40.4 Å². The Bertz CT molecular complexity index is 296. The number of guanidine groups is 1. The highest BCUT2D eigenvalue weighted by Crippen LogP contribution is 2.12. The van der Waals surface area contributed by atoms with Gasteiger partial charge in [0.25, 0.3) is 0 Å². The first-order valence-corrected chi connectivity index (χ1v) is 6.72. The molecule has 0 aliphatic carbocycles. The Morgan fingerprint density at radius 3 is 2.45 bits per heavy atom. The molecule has 6 nitrogen and oxygen atoms in total. The van der Waals surface area contributed by atoms with Crippen molar-refractivity contribution in [1.29, 1.82) is 0 Å². The molecule has 0 aromatic carbocycles. The van der Waals surface area contributed by atoms with Crippen LogP contribution in [0.2, 0.25) is 0 Å². The van der Waals surface area contributed by atoms with Gasteiger partial charge in [0, 0.05) is 40.4 Å². The fourth-order valence-corrected chi connectivity index (χ4v) is 1.47. The summed E-state index contributed by atoms with van der Waals surface area (Å²) in [4.78, 5) is 15.8. The second-order valence-electron chi connectivity index (χ2n) is 4.87. The molecular weight excluding hydrogens is 371 g/mol. The molecule has 0 unspecified atom stereocenters. The Hall–Kier alpha value is -0.570. The second kappa shape index (κ2) is 12.2. The maximum atomic E-state index is 11.6. The molecule has 7 heteroatoms. The summed E-state index contributed by atoms with van der Waals surface area (Å²) in [6.07, 6.45) is 0.924. The predicted molar refractivity (Wildman–Crippen MR) is 93.7 cm³/mol. The number of carbonyl (C=O) groups excluding carboxylic acids is 1. The fourth-order valence-electron chi connectivity index (χ4n) is 1.47. The van der Waals surface area contributed by atoms with Crippen LogP contribution in [0.3, 0.4) is 0 Å². The topological polar surface area (TPSA) is 74.8 Å². The van der Waals surface area contributed by atoms with E-state index in [-0.39, 0.29) is 29.9 Å². The highest BCUT2D eigenvalue weighted by molar-refractivity contribution is 14.0. The van der Waals surface area contributed by atoms with Crippen molar-refractivity contribution in [1.82, 2.24) is 16.0 Å². The van der Waals surface area contributed by atoms with Gasteiger partial charge in [0.2, 0.25) is 5.91 Å². The van der Waals surface area contributed by atoms with E-state index in [1.54, 1.807) is 14.1 Å². The van der Waals surface area contributed by atoms with Crippen LogP contribution in [-0.2, 0) is 9.53 Å². The van der Waals surface area contributed by atoms with E-state index < -0.39 is 5.41 Å². The minimum Gasteiger partial charge on any atom is -0.382 e. The molecule has 0 aromatic rings. The lowest BCUT2D eigenvalue weighted by Gasteiger charge is -2.24. The molecule has 0 atom stereocenters. The van der Waals surface area contributed by atoms with Crippen molar-refractivity contribution in [2.24, 2.45) is 10.4 Å². The maximum Gasteiger partial charge on any atom is 0.227 e. The second-order valence-corrected chi connectivity index (χ2v) is 4.87. The minimum atomic E-state index is -0.475. The molecule has 0 rings (SSSR count). The normalized spacial score (nSPS) is 11.6. The zero-order valence-corrected chi connectivity index (χ0v) is 15.5. The van der Waals surface area contributed by atoms with E-state index in [1.807, 2.05) is 20.8 Å². The van der Waals surface area contributed by atoms with Crippen LogP contribution in [0.1, 0.15) is 27.2 Å². The van der Waals surface area contributed by atoms with E-state index in [4.69, 9.17) is 4.74 Å². The highest BCUT2D eigenvalue weighted by atomic mass is 127. The molecule has 0 heterocycles. The van der Waals surface area contributed by atoms with Crippen LogP contribution in [0.15, 0.2) is 4.99 Å². The van der Waals surface area contributed by atoms with E-state index >= 15 is 0 Å². The molecule has 120 valence electrons. The predicted octanol–water partition coefficient (Wildman–Crippen LogP) is 0.968. The summed E-state index contributed by atoms with van der Waals surface area (Å²) in [5.41, 5.74) is -0.475. The molecule has 0 fully saturated rings. The van der Waals surface area contributed by atoms with Gasteiger partial charge in [-0.15, -0.1) is 24.0 Å². The number of hydrogen-bond acceptors (Lipinski definition) is 3. The van der Waals surface area contributed by atoms with Crippen molar-refractivity contribution in [3.8, 4) is 0 Å². The summed E-state index contributed by atoms with van der Waals surface area (Å²) >= 11 is 0. The smallest absolute Gasteiger partial charge is 0.227 e. The lowest BCUT2D eigenvalue weighted by molar-refractivity contribution is -0.128. The molecule has 0 saturated carbocycles. The van der Waals surface area contributed by atoms with Gasteiger partial charge in [-0.1, -0.05) is 0 Å². The van der Waals surface area contributed by atoms with Crippen molar-refractivity contribution >= 4 is 35.8 Å². The molecule has 0 aromatic heterocycles. The summed E-state index contributed by atoms with van der Waals surface area (Å²) in [5.74, 6) is 0.709. The molecule has 3 N–H and O–H groups in total. The van der Waals surface area contributed by atoms with Crippen molar-refractivity contribution in [3.63, 3.8) is 0 Å². The zero-order valence-electron chi connectivity index (χ0n) is 13.2. The molecule has 0 aliphatic heterocycles. The third kappa shape index (κ3) is 9.35. The Morgan fingerprint density at radius 1 is 1.30 bits per heavy atom. The van der Waals surface area contributed by atoms with Gasteiger partial charge in [-0.05, 0) is 27.2 Å². The van der Waals surface area contributed by atoms with Crippen molar-refractivity contribution in [3.05, 3.63) is 0 Å². The molecule has 0 spiro atoms. The number of nitrogens with zero attached hydrogens (tertiary/aromatic N) is 1. The van der Waals surface area contributed by atoms with E-state index in [0.29, 0.717) is 12.5 Å². The van der Waals surface area contributed by atoms with Crippen LogP contribution in [0.25, 0.3) is 0 Å². The number of carbonyl (C=O) groups is 1. The Balaban J connectivity index is 0. The first-order valence-electron chi connectivity index (χ1n) is 6.72.